The van der Waals surface area contributed by atoms with Crippen LogP contribution in [0.5, 0.6) is 5.75 Å². The lowest BCUT2D eigenvalue weighted by molar-refractivity contribution is 0.352. The third-order valence-corrected chi connectivity index (χ3v) is 5.26. The van der Waals surface area contributed by atoms with Crippen LogP contribution in [0.2, 0.25) is 0 Å². The van der Waals surface area contributed by atoms with Gasteiger partial charge in [-0.15, -0.1) is 0 Å². The summed E-state index contributed by atoms with van der Waals surface area (Å²) in [7, 11) is 3.81. The van der Waals surface area contributed by atoms with Crippen LogP contribution in [0.4, 0.5) is 0 Å². The zero-order valence-corrected chi connectivity index (χ0v) is 12.9. The van der Waals surface area contributed by atoms with Crippen LogP contribution in [0.25, 0.3) is 0 Å². The van der Waals surface area contributed by atoms with E-state index in [0.717, 1.165) is 5.56 Å². The van der Waals surface area contributed by atoms with Crippen molar-refractivity contribution in [1.29, 1.82) is 5.26 Å². The molecule has 0 spiro atoms. The Labute approximate surface area is 115 Å². The summed E-state index contributed by atoms with van der Waals surface area (Å²) >= 11 is 0. The van der Waals surface area contributed by atoms with E-state index in [0.29, 0.717) is 17.7 Å². The fourth-order valence-corrected chi connectivity index (χ4v) is 3.14. The lowest BCUT2D eigenvalue weighted by Crippen LogP contribution is -2.24. The van der Waals surface area contributed by atoms with E-state index in [-0.39, 0.29) is 0 Å². The Kier molecular flexibility index (Phi) is 5.13. The minimum absolute atomic E-state index is 0.562. The Bertz CT molecular complexity index is 523. The number of nitriles is 1. The first-order chi connectivity index (χ1) is 8.85. The summed E-state index contributed by atoms with van der Waals surface area (Å²) in [5, 5.41) is 8.90. The number of benzene rings is 1. The summed E-state index contributed by atoms with van der Waals surface area (Å²) < 4.78 is 21.7. The van der Waals surface area contributed by atoms with E-state index in [9.17, 15) is 4.57 Å². The molecule has 1 aromatic carbocycles. The fourth-order valence-electron chi connectivity index (χ4n) is 1.66. The monoisotopic (exact) mass is 281 g/mol. The van der Waals surface area contributed by atoms with Gasteiger partial charge in [-0.25, -0.2) is 13.9 Å². The summed E-state index contributed by atoms with van der Waals surface area (Å²) in [6.45, 7) is 1.97. The van der Waals surface area contributed by atoms with E-state index in [1.54, 1.807) is 55.7 Å². The number of nitrogens with zero attached hydrogens (tertiary/aromatic N) is 3. The molecule has 0 atom stereocenters. The molecular weight excluding hydrogens is 261 g/mol. The second-order valence-corrected chi connectivity index (χ2v) is 7.33. The number of aryl methyl sites for hydroxylation is 1. The van der Waals surface area contributed by atoms with Crippen molar-refractivity contribution in [3.8, 4) is 11.8 Å². The first-order valence-electron chi connectivity index (χ1n) is 6.03. The highest BCUT2D eigenvalue weighted by atomic mass is 31.2. The predicted molar refractivity (Wildman–Crippen MR) is 76.1 cm³/mol. The highest BCUT2D eigenvalue weighted by Crippen LogP contribution is 2.51. The lowest BCUT2D eigenvalue weighted by atomic mass is 10.1. The van der Waals surface area contributed by atoms with Gasteiger partial charge >= 0.3 is 7.67 Å². The fraction of sp³-hybridized carbons (Fsp3) is 0.462. The average Bonchev–Trinajstić information content (AvgIpc) is 2.38. The molecule has 0 radical (unpaired) electrons. The van der Waals surface area contributed by atoms with E-state index in [2.05, 4.69) is 6.07 Å². The van der Waals surface area contributed by atoms with Crippen molar-refractivity contribution in [2.24, 2.45) is 0 Å². The molecule has 0 saturated heterocycles. The van der Waals surface area contributed by atoms with Crippen LogP contribution < -0.4 is 4.52 Å². The second kappa shape index (κ2) is 6.21. The van der Waals surface area contributed by atoms with Crippen LogP contribution >= 0.6 is 7.67 Å². The molecule has 104 valence electrons. The first kappa shape index (κ1) is 15.7. The van der Waals surface area contributed by atoms with E-state index in [4.69, 9.17) is 9.79 Å². The smallest absolute Gasteiger partial charge is 0.394 e. The van der Waals surface area contributed by atoms with Crippen molar-refractivity contribution < 1.29 is 9.09 Å². The third-order valence-electron chi connectivity index (χ3n) is 2.80. The SMILES string of the molecule is CCc1cc(C#N)ccc1OP(=O)(N(C)C)N(C)C. The van der Waals surface area contributed by atoms with E-state index >= 15 is 0 Å². The van der Waals surface area contributed by atoms with Gasteiger partial charge in [0.2, 0.25) is 0 Å². The molecule has 0 aliphatic carbocycles. The van der Waals surface area contributed by atoms with E-state index < -0.39 is 7.67 Å². The Morgan fingerprint density at radius 3 is 2.26 bits per heavy atom. The maximum absolute atomic E-state index is 12.8. The van der Waals surface area contributed by atoms with Crippen LogP contribution in [0.1, 0.15) is 18.1 Å². The second-order valence-electron chi connectivity index (χ2n) is 4.56. The van der Waals surface area contributed by atoms with Crippen LogP contribution in [0, 0.1) is 11.3 Å². The van der Waals surface area contributed by atoms with Crippen LogP contribution in [0.3, 0.4) is 0 Å². The average molecular weight is 281 g/mol. The number of rotatable bonds is 5. The van der Waals surface area contributed by atoms with Crippen molar-refractivity contribution in [2.45, 2.75) is 13.3 Å². The summed E-state index contributed by atoms with van der Waals surface area (Å²) in [4.78, 5) is 0. The minimum Gasteiger partial charge on any atom is -0.422 e. The summed E-state index contributed by atoms with van der Waals surface area (Å²) in [5.41, 5.74) is 1.46. The summed E-state index contributed by atoms with van der Waals surface area (Å²) in [6, 6.07) is 7.24. The number of hydrogen-bond acceptors (Lipinski definition) is 3. The molecule has 1 rings (SSSR count). The molecule has 0 aromatic heterocycles. The molecule has 0 bridgehead atoms. The molecule has 0 N–H and O–H groups in total. The lowest BCUT2D eigenvalue weighted by Gasteiger charge is -2.30. The van der Waals surface area contributed by atoms with Gasteiger partial charge in [0.15, 0.2) is 0 Å². The predicted octanol–water partition coefficient (Wildman–Crippen LogP) is 2.73. The molecule has 0 unspecified atom stereocenters. The van der Waals surface area contributed by atoms with Gasteiger partial charge in [-0.05, 0) is 58.4 Å². The van der Waals surface area contributed by atoms with Crippen molar-refractivity contribution in [3.63, 3.8) is 0 Å². The highest BCUT2D eigenvalue weighted by molar-refractivity contribution is 7.54. The van der Waals surface area contributed by atoms with Gasteiger partial charge in [0, 0.05) is 0 Å². The molecular formula is C13H20N3O2P. The van der Waals surface area contributed by atoms with Crippen molar-refractivity contribution >= 4 is 7.67 Å². The molecule has 0 aliphatic heterocycles. The van der Waals surface area contributed by atoms with E-state index in [1.165, 1.54) is 0 Å². The van der Waals surface area contributed by atoms with Crippen LogP contribution in [-0.4, -0.2) is 37.5 Å². The molecule has 1 aromatic rings. The quantitative estimate of drug-likeness (QED) is 0.777. The topological polar surface area (TPSA) is 56.6 Å². The third kappa shape index (κ3) is 3.36. The molecule has 0 heterocycles. The molecule has 0 amide bonds. The van der Waals surface area contributed by atoms with Crippen LogP contribution in [0.15, 0.2) is 18.2 Å². The molecule has 0 fully saturated rings. The van der Waals surface area contributed by atoms with Gasteiger partial charge in [-0.3, -0.25) is 0 Å². The van der Waals surface area contributed by atoms with Crippen LogP contribution in [-0.2, 0) is 11.0 Å². The van der Waals surface area contributed by atoms with E-state index in [1.807, 2.05) is 6.92 Å². The zero-order chi connectivity index (χ0) is 14.6. The van der Waals surface area contributed by atoms with Crippen molar-refractivity contribution in [2.75, 3.05) is 28.2 Å². The highest BCUT2D eigenvalue weighted by Gasteiger charge is 2.31. The van der Waals surface area contributed by atoms with Gasteiger partial charge in [-0.2, -0.15) is 5.26 Å². The molecule has 6 heteroatoms. The molecule has 5 nitrogen and oxygen atoms in total. The van der Waals surface area contributed by atoms with Crippen molar-refractivity contribution in [3.05, 3.63) is 29.3 Å². The first-order valence-corrected chi connectivity index (χ1v) is 7.56. The Hall–Kier alpha value is -1.34. The Morgan fingerprint density at radius 1 is 1.26 bits per heavy atom. The minimum atomic E-state index is -3.07. The van der Waals surface area contributed by atoms with Gasteiger partial charge in [-0.1, -0.05) is 6.92 Å². The molecule has 19 heavy (non-hydrogen) atoms. The standard InChI is InChI=1S/C13H20N3O2P/c1-6-12-9-11(10-14)7-8-13(12)18-19(17,15(2)3)16(4)5/h7-9H,6H2,1-5H3. The van der Waals surface area contributed by atoms with Gasteiger partial charge in [0.25, 0.3) is 0 Å². The number of hydrogen-bond donors (Lipinski definition) is 0. The molecule has 0 aliphatic rings. The summed E-state index contributed by atoms with van der Waals surface area (Å²) in [5.74, 6) is 0.562. The summed E-state index contributed by atoms with van der Waals surface area (Å²) in [6.07, 6.45) is 0.714. The Balaban J connectivity index is 3.18. The largest absolute Gasteiger partial charge is 0.422 e. The van der Waals surface area contributed by atoms with Crippen molar-refractivity contribution in [1.82, 2.24) is 9.34 Å². The van der Waals surface area contributed by atoms with Gasteiger partial charge in [0.05, 0.1) is 11.6 Å². The maximum atomic E-state index is 12.8. The maximum Gasteiger partial charge on any atom is 0.394 e. The molecule has 0 saturated carbocycles. The Morgan fingerprint density at radius 2 is 1.84 bits per heavy atom. The van der Waals surface area contributed by atoms with Gasteiger partial charge in [0.1, 0.15) is 5.75 Å². The normalized spacial score (nSPS) is 11.7. The van der Waals surface area contributed by atoms with Gasteiger partial charge < -0.3 is 4.52 Å². The zero-order valence-electron chi connectivity index (χ0n) is 12.0.